The van der Waals surface area contributed by atoms with Gasteiger partial charge in [0.05, 0.1) is 49.5 Å². The second kappa shape index (κ2) is 12.4. The highest BCUT2D eigenvalue weighted by atomic mass is 16.5. The van der Waals surface area contributed by atoms with Gasteiger partial charge >= 0.3 is 11.9 Å². The first-order valence-corrected chi connectivity index (χ1v) is 13.9. The van der Waals surface area contributed by atoms with Crippen LogP contribution in [-0.4, -0.2) is 44.7 Å². The zero-order chi connectivity index (χ0) is 31.4. The molecule has 0 unspecified atom stereocenters. The molecule has 0 spiro atoms. The molecule has 0 saturated carbocycles. The third-order valence-electron chi connectivity index (χ3n) is 7.32. The normalized spacial score (nSPS) is 13.1. The van der Waals surface area contributed by atoms with E-state index in [0.29, 0.717) is 23.7 Å². The van der Waals surface area contributed by atoms with E-state index in [-0.39, 0.29) is 22.8 Å². The third-order valence-corrected chi connectivity index (χ3v) is 7.32. The second-order valence-electron chi connectivity index (χ2n) is 10.6. The van der Waals surface area contributed by atoms with Crippen molar-refractivity contribution in [1.82, 2.24) is 0 Å². The number of esters is 2. The van der Waals surface area contributed by atoms with Crippen LogP contribution in [0.4, 0.5) is 17.1 Å². The number of anilines is 3. The molecule has 0 aliphatic carbocycles. The maximum absolute atomic E-state index is 13.0. The quantitative estimate of drug-likeness (QED) is 0.155. The van der Waals surface area contributed by atoms with Crippen LogP contribution in [0.2, 0.25) is 0 Å². The predicted octanol–water partition coefficient (Wildman–Crippen LogP) is 6.13. The molecule has 0 radical (unpaired) electrons. The van der Waals surface area contributed by atoms with Crippen molar-refractivity contribution in [2.45, 2.75) is 25.9 Å². The Bertz CT molecular complexity index is 1750. The van der Waals surface area contributed by atoms with E-state index >= 15 is 0 Å². The van der Waals surface area contributed by atoms with Gasteiger partial charge in [-0.05, 0) is 67.9 Å². The molecule has 1 amide bonds. The van der Waals surface area contributed by atoms with Crippen molar-refractivity contribution < 1.29 is 33.3 Å². The van der Waals surface area contributed by atoms with Gasteiger partial charge in [0.25, 0.3) is 0 Å². The topological polar surface area (TPSA) is 124 Å². The highest BCUT2D eigenvalue weighted by molar-refractivity contribution is 6.07. The van der Waals surface area contributed by atoms with Crippen molar-refractivity contribution in [3.05, 3.63) is 95.6 Å². The monoisotopic (exact) mass is 595 g/mol. The molecule has 5 rings (SSSR count). The number of ether oxygens (including phenoxy) is 4. The summed E-state index contributed by atoms with van der Waals surface area (Å²) >= 11 is 0. The molecule has 1 heterocycles. The van der Waals surface area contributed by atoms with Crippen LogP contribution >= 0.6 is 0 Å². The number of hydrogen-bond donors (Lipinski definition) is 3. The highest BCUT2D eigenvalue weighted by Crippen LogP contribution is 2.43. The van der Waals surface area contributed by atoms with Crippen LogP contribution in [0.3, 0.4) is 0 Å². The lowest BCUT2D eigenvalue weighted by Crippen LogP contribution is -2.47. The molecule has 0 bridgehead atoms. The molecule has 226 valence electrons. The Kier molecular flexibility index (Phi) is 8.43. The highest BCUT2D eigenvalue weighted by Gasteiger charge is 2.34. The smallest absolute Gasteiger partial charge is 0.343 e. The number of hydrogen-bond acceptors (Lipinski definition) is 9. The number of benzene rings is 4. The molecule has 0 aromatic heterocycles. The van der Waals surface area contributed by atoms with Gasteiger partial charge < -0.3 is 34.9 Å². The van der Waals surface area contributed by atoms with Crippen LogP contribution in [0, 0.1) is 0 Å². The number of carbonyl (C=O) groups is 3. The van der Waals surface area contributed by atoms with E-state index in [1.54, 1.807) is 43.5 Å². The Morgan fingerprint density at radius 1 is 0.795 bits per heavy atom. The molecular weight excluding hydrogens is 562 g/mol. The zero-order valence-electron chi connectivity index (χ0n) is 25.1. The molecule has 0 fully saturated rings. The maximum atomic E-state index is 13.0. The summed E-state index contributed by atoms with van der Waals surface area (Å²) in [7, 11) is 4.41. The van der Waals surface area contributed by atoms with Crippen LogP contribution in [0.15, 0.2) is 78.9 Å². The van der Waals surface area contributed by atoms with E-state index in [1.807, 2.05) is 50.2 Å². The molecule has 44 heavy (non-hydrogen) atoms. The summed E-state index contributed by atoms with van der Waals surface area (Å²) in [4.78, 5) is 37.8. The zero-order valence-corrected chi connectivity index (χ0v) is 25.1. The minimum absolute atomic E-state index is 0.161. The van der Waals surface area contributed by atoms with E-state index in [4.69, 9.17) is 18.9 Å². The van der Waals surface area contributed by atoms with Gasteiger partial charge in [-0.1, -0.05) is 24.3 Å². The Labute approximate surface area is 255 Å². The van der Waals surface area contributed by atoms with Gasteiger partial charge in [0.15, 0.2) is 0 Å². The van der Waals surface area contributed by atoms with E-state index in [1.165, 1.54) is 20.3 Å². The molecule has 1 aliphatic rings. The summed E-state index contributed by atoms with van der Waals surface area (Å²) in [5.41, 5.74) is 4.20. The van der Waals surface area contributed by atoms with Crippen LogP contribution in [0.1, 0.15) is 40.1 Å². The Hall–Kier alpha value is -5.51. The third kappa shape index (κ3) is 6.00. The number of nitrogens with one attached hydrogen (secondary N) is 3. The molecule has 4 aromatic carbocycles. The SMILES string of the molecule is COC(=O)c1cccc(C(=O)Oc2ccc(-c3ccc4c(c3CNc3ccccc3OC)NC(=O)C(C)(C)N4)c(OC)c2)c1. The fourth-order valence-electron chi connectivity index (χ4n) is 4.98. The number of methoxy groups -OCH3 is 3. The van der Waals surface area contributed by atoms with E-state index < -0.39 is 17.5 Å². The van der Waals surface area contributed by atoms with Gasteiger partial charge in [-0.2, -0.15) is 0 Å². The number of rotatable bonds is 9. The van der Waals surface area contributed by atoms with Gasteiger partial charge in [-0.15, -0.1) is 0 Å². The largest absolute Gasteiger partial charge is 0.496 e. The molecular formula is C34H33N3O7. The van der Waals surface area contributed by atoms with Crippen molar-refractivity contribution >= 4 is 34.9 Å². The van der Waals surface area contributed by atoms with Crippen molar-refractivity contribution in [3.8, 4) is 28.4 Å². The van der Waals surface area contributed by atoms with Crippen molar-refractivity contribution in [2.24, 2.45) is 0 Å². The number of amides is 1. The average molecular weight is 596 g/mol. The molecule has 3 N–H and O–H groups in total. The average Bonchev–Trinajstić information content (AvgIpc) is 3.03. The molecule has 1 aliphatic heterocycles. The predicted molar refractivity (Wildman–Crippen MR) is 168 cm³/mol. The van der Waals surface area contributed by atoms with Crippen molar-refractivity contribution in [2.75, 3.05) is 37.3 Å². The van der Waals surface area contributed by atoms with Crippen LogP contribution in [-0.2, 0) is 16.1 Å². The molecule has 0 saturated heterocycles. The molecule has 10 nitrogen and oxygen atoms in total. The first-order chi connectivity index (χ1) is 21.1. The summed E-state index contributed by atoms with van der Waals surface area (Å²) in [5.74, 6) is 0.0308. The van der Waals surface area contributed by atoms with Crippen molar-refractivity contribution in [3.63, 3.8) is 0 Å². The lowest BCUT2D eigenvalue weighted by molar-refractivity contribution is -0.119. The number of carbonyl (C=O) groups excluding carboxylic acids is 3. The van der Waals surface area contributed by atoms with Crippen LogP contribution < -0.4 is 30.2 Å². The Morgan fingerprint density at radius 2 is 1.50 bits per heavy atom. The van der Waals surface area contributed by atoms with Gasteiger partial charge in [-0.25, -0.2) is 9.59 Å². The van der Waals surface area contributed by atoms with Gasteiger partial charge in [0.1, 0.15) is 22.8 Å². The molecule has 4 aromatic rings. The first-order valence-electron chi connectivity index (χ1n) is 13.9. The Morgan fingerprint density at radius 3 is 2.23 bits per heavy atom. The summed E-state index contributed by atoms with van der Waals surface area (Å²) in [6.45, 7) is 3.99. The lowest BCUT2D eigenvalue weighted by atomic mass is 9.92. The minimum atomic E-state index is -0.790. The van der Waals surface area contributed by atoms with Gasteiger partial charge in [0.2, 0.25) is 5.91 Å². The summed E-state index contributed by atoms with van der Waals surface area (Å²) < 4.78 is 21.6. The fraction of sp³-hybridized carbons (Fsp3) is 0.206. The number of para-hydroxylation sites is 2. The first kappa shape index (κ1) is 30.0. The summed E-state index contributed by atoms with van der Waals surface area (Å²) in [6, 6.07) is 22.6. The second-order valence-corrected chi connectivity index (χ2v) is 10.6. The van der Waals surface area contributed by atoms with E-state index in [2.05, 4.69) is 16.0 Å². The Balaban J connectivity index is 1.51. The van der Waals surface area contributed by atoms with E-state index in [9.17, 15) is 14.4 Å². The minimum Gasteiger partial charge on any atom is -0.496 e. The fourth-order valence-corrected chi connectivity index (χ4v) is 4.98. The van der Waals surface area contributed by atoms with Crippen molar-refractivity contribution in [1.29, 1.82) is 0 Å². The number of fused-ring (bicyclic) bond motifs is 1. The standard InChI is InChI=1S/C34H33N3O7/c1-34(2)33(40)36-30-25(19-35-26-11-6-7-12-28(26)41-3)23(15-16-27(30)37-34)24-14-13-22(18-29(24)42-4)44-32(39)21-10-8-9-20(17-21)31(38)43-5/h6-18,35,37H,19H2,1-5H3,(H,36,40). The van der Waals surface area contributed by atoms with Gasteiger partial charge in [-0.3, -0.25) is 4.79 Å². The molecule has 10 heteroatoms. The van der Waals surface area contributed by atoms with E-state index in [0.717, 1.165) is 28.1 Å². The van der Waals surface area contributed by atoms with Crippen LogP contribution in [0.5, 0.6) is 17.2 Å². The maximum Gasteiger partial charge on any atom is 0.343 e. The van der Waals surface area contributed by atoms with Crippen LogP contribution in [0.25, 0.3) is 11.1 Å². The lowest BCUT2D eigenvalue weighted by Gasteiger charge is -2.34. The summed E-state index contributed by atoms with van der Waals surface area (Å²) in [5, 5.41) is 9.86. The van der Waals surface area contributed by atoms with Gasteiger partial charge in [0, 0.05) is 23.7 Å². The molecule has 0 atom stereocenters. The summed E-state index contributed by atoms with van der Waals surface area (Å²) in [6.07, 6.45) is 0.